The molecule has 0 aromatic heterocycles. The highest BCUT2D eigenvalue weighted by atomic mass is 32.2. The van der Waals surface area contributed by atoms with Gasteiger partial charge in [0, 0.05) is 12.1 Å². The molecule has 3 nitrogen and oxygen atoms in total. The summed E-state index contributed by atoms with van der Waals surface area (Å²) in [5.74, 6) is 2.33. The molecule has 5 heteroatoms. The lowest BCUT2D eigenvalue weighted by atomic mass is 10.2. The lowest BCUT2D eigenvalue weighted by molar-refractivity contribution is -0.384. The van der Waals surface area contributed by atoms with Crippen LogP contribution >= 0.6 is 23.5 Å². The number of nitrogens with zero attached hydrogens (tertiary/aromatic N) is 1. The first-order valence-corrected chi connectivity index (χ1v) is 10.3. The van der Waals surface area contributed by atoms with E-state index in [1.54, 1.807) is 12.1 Å². The summed E-state index contributed by atoms with van der Waals surface area (Å²) in [6.45, 7) is 4.44. The molecule has 0 aliphatic carbocycles. The minimum absolute atomic E-state index is 0.175. The molecule has 0 fully saturated rings. The average molecular weight is 342 g/mol. The quantitative estimate of drug-likeness (QED) is 0.190. The van der Waals surface area contributed by atoms with Crippen molar-refractivity contribution in [3.05, 3.63) is 39.9 Å². The molecule has 22 heavy (non-hydrogen) atoms. The third kappa shape index (κ3) is 7.54. The zero-order chi connectivity index (χ0) is 16.2. The van der Waals surface area contributed by atoms with Gasteiger partial charge >= 0.3 is 0 Å². The van der Waals surface area contributed by atoms with Crippen molar-refractivity contribution in [1.82, 2.24) is 0 Å². The molecule has 0 atom stereocenters. The van der Waals surface area contributed by atoms with E-state index < -0.39 is 0 Å². The van der Waals surface area contributed by atoms with Gasteiger partial charge in [0.2, 0.25) is 0 Å². The van der Waals surface area contributed by atoms with Crippen molar-refractivity contribution in [3.8, 4) is 0 Å². The minimum atomic E-state index is -0.332. The maximum Gasteiger partial charge on any atom is 0.269 e. The van der Waals surface area contributed by atoms with E-state index in [0.29, 0.717) is 4.58 Å². The molecule has 124 valence electrons. The van der Waals surface area contributed by atoms with Crippen molar-refractivity contribution >= 4 is 29.2 Å². The molecular weight excluding hydrogens is 314 g/mol. The van der Waals surface area contributed by atoms with E-state index in [9.17, 15) is 10.1 Å². The summed E-state index contributed by atoms with van der Waals surface area (Å²) in [4.78, 5) is 10.4. The maximum atomic E-state index is 10.8. The maximum absolute atomic E-state index is 10.8. The Morgan fingerprint density at radius 3 is 1.86 bits per heavy atom. The van der Waals surface area contributed by atoms with Crippen molar-refractivity contribution < 1.29 is 4.92 Å². The van der Waals surface area contributed by atoms with Gasteiger partial charge in [0.05, 0.1) is 9.51 Å². The van der Waals surface area contributed by atoms with Crippen LogP contribution in [0.4, 0.5) is 5.69 Å². The molecule has 0 aliphatic rings. The van der Waals surface area contributed by atoms with Crippen LogP contribution in [0.1, 0.15) is 62.5 Å². The van der Waals surface area contributed by atoms with Crippen LogP contribution in [-0.4, -0.2) is 16.4 Å². The summed E-state index contributed by atoms with van der Waals surface area (Å²) >= 11 is 3.96. The normalized spacial score (nSPS) is 11.0. The molecule has 1 aromatic carbocycles. The molecule has 0 radical (unpaired) electrons. The largest absolute Gasteiger partial charge is 0.269 e. The molecule has 1 aromatic rings. The summed E-state index contributed by atoms with van der Waals surface area (Å²) in [7, 11) is 0. The zero-order valence-electron chi connectivity index (χ0n) is 13.6. The van der Waals surface area contributed by atoms with Crippen LogP contribution in [0, 0.1) is 10.1 Å². The van der Waals surface area contributed by atoms with E-state index in [1.807, 2.05) is 35.7 Å². The highest BCUT2D eigenvalue weighted by Crippen LogP contribution is 2.40. The van der Waals surface area contributed by atoms with E-state index in [2.05, 4.69) is 13.8 Å². The van der Waals surface area contributed by atoms with Gasteiger partial charge in [-0.15, -0.1) is 23.5 Å². The number of nitro groups is 1. The van der Waals surface area contributed by atoms with E-state index in [-0.39, 0.29) is 10.6 Å². The lowest BCUT2D eigenvalue weighted by Gasteiger charge is -2.16. The molecule has 0 N–H and O–H groups in total. The van der Waals surface area contributed by atoms with Gasteiger partial charge in [-0.05, 0) is 29.9 Å². The van der Waals surface area contributed by atoms with Crippen molar-refractivity contribution in [2.75, 3.05) is 11.5 Å². The van der Waals surface area contributed by atoms with Gasteiger partial charge in [-0.2, -0.15) is 0 Å². The van der Waals surface area contributed by atoms with Crippen LogP contribution in [0.15, 0.2) is 24.3 Å². The molecule has 0 aliphatic heterocycles. The third-order valence-electron chi connectivity index (χ3n) is 3.41. The lowest BCUT2D eigenvalue weighted by Crippen LogP contribution is -1.95. The Balaban J connectivity index is 2.59. The highest BCUT2D eigenvalue weighted by molar-refractivity contribution is 8.16. The second-order valence-electron chi connectivity index (χ2n) is 5.34. The first-order valence-electron chi connectivity index (χ1n) is 8.16. The van der Waals surface area contributed by atoms with Crippen LogP contribution in [0.5, 0.6) is 0 Å². The standard InChI is InChI=1S/C17H27NO2S2/c1-3-5-7-13-21-17(22-14-8-6-4-2)15-9-11-16(12-10-15)18(19)20/h9-12,17H,3-8,13-14H2,1-2H3. The van der Waals surface area contributed by atoms with Crippen molar-refractivity contribution in [3.63, 3.8) is 0 Å². The fraction of sp³-hybridized carbons (Fsp3) is 0.647. The van der Waals surface area contributed by atoms with Gasteiger partial charge < -0.3 is 0 Å². The zero-order valence-corrected chi connectivity index (χ0v) is 15.3. The molecule has 0 unspecified atom stereocenters. The van der Waals surface area contributed by atoms with Crippen LogP contribution in [0.3, 0.4) is 0 Å². The van der Waals surface area contributed by atoms with E-state index in [0.717, 1.165) is 11.5 Å². The summed E-state index contributed by atoms with van der Waals surface area (Å²) in [5.41, 5.74) is 1.38. The second kappa shape index (κ2) is 11.8. The summed E-state index contributed by atoms with van der Waals surface area (Å²) in [5, 5.41) is 10.8. The summed E-state index contributed by atoms with van der Waals surface area (Å²) in [6, 6.07) is 7.09. The monoisotopic (exact) mass is 341 g/mol. The molecule has 0 heterocycles. The third-order valence-corrected chi connectivity index (χ3v) is 6.43. The Hall–Kier alpha value is -0.680. The summed E-state index contributed by atoms with van der Waals surface area (Å²) < 4.78 is 0.398. The number of benzene rings is 1. The van der Waals surface area contributed by atoms with Gasteiger partial charge in [0.1, 0.15) is 0 Å². The Kier molecular flexibility index (Phi) is 10.4. The molecule has 0 saturated carbocycles. The predicted octanol–water partition coefficient (Wildman–Crippen LogP) is 6.44. The fourth-order valence-corrected chi connectivity index (χ4v) is 4.91. The van der Waals surface area contributed by atoms with Crippen molar-refractivity contribution in [2.24, 2.45) is 0 Å². The first kappa shape index (κ1) is 19.4. The van der Waals surface area contributed by atoms with E-state index >= 15 is 0 Å². The van der Waals surface area contributed by atoms with Gasteiger partial charge in [-0.1, -0.05) is 51.7 Å². The average Bonchev–Trinajstić information content (AvgIpc) is 2.53. The van der Waals surface area contributed by atoms with Gasteiger partial charge in [-0.25, -0.2) is 0 Å². The second-order valence-corrected chi connectivity index (χ2v) is 8.06. The minimum Gasteiger partial charge on any atom is -0.258 e. The van der Waals surface area contributed by atoms with Crippen LogP contribution < -0.4 is 0 Å². The van der Waals surface area contributed by atoms with Crippen molar-refractivity contribution in [1.29, 1.82) is 0 Å². The number of hydrogen-bond donors (Lipinski definition) is 0. The Labute approximate surface area is 142 Å². The number of hydrogen-bond acceptors (Lipinski definition) is 4. The molecule has 0 spiro atoms. The Morgan fingerprint density at radius 1 is 0.955 bits per heavy atom. The van der Waals surface area contributed by atoms with Crippen LogP contribution in [0.2, 0.25) is 0 Å². The van der Waals surface area contributed by atoms with Gasteiger partial charge in [0.25, 0.3) is 5.69 Å². The predicted molar refractivity (Wildman–Crippen MR) is 99.8 cm³/mol. The SMILES string of the molecule is CCCCCSC(SCCCCC)c1ccc([N+](=O)[O-])cc1. The van der Waals surface area contributed by atoms with Crippen molar-refractivity contribution in [2.45, 2.75) is 57.0 Å². The number of non-ortho nitro benzene ring substituents is 1. The molecule has 0 amide bonds. The van der Waals surface area contributed by atoms with Crippen LogP contribution in [0.25, 0.3) is 0 Å². The van der Waals surface area contributed by atoms with Gasteiger partial charge in [-0.3, -0.25) is 10.1 Å². The van der Waals surface area contributed by atoms with Gasteiger partial charge in [0.15, 0.2) is 0 Å². The fourth-order valence-electron chi connectivity index (χ4n) is 2.08. The summed E-state index contributed by atoms with van der Waals surface area (Å²) in [6.07, 6.45) is 7.54. The Bertz CT molecular complexity index is 411. The number of unbranched alkanes of at least 4 members (excludes halogenated alkanes) is 4. The smallest absolute Gasteiger partial charge is 0.258 e. The topological polar surface area (TPSA) is 43.1 Å². The molecule has 0 saturated heterocycles. The molecule has 1 rings (SSSR count). The number of rotatable bonds is 12. The van der Waals surface area contributed by atoms with E-state index in [4.69, 9.17) is 0 Å². The molecule has 0 bridgehead atoms. The van der Waals surface area contributed by atoms with E-state index in [1.165, 1.54) is 44.1 Å². The highest BCUT2D eigenvalue weighted by Gasteiger charge is 2.14. The number of nitro benzene ring substituents is 1. The molecular formula is C17H27NO2S2. The Morgan fingerprint density at radius 2 is 1.45 bits per heavy atom. The first-order chi connectivity index (χ1) is 10.7. The van der Waals surface area contributed by atoms with Crippen LogP contribution in [-0.2, 0) is 0 Å². The number of thioether (sulfide) groups is 2.